The van der Waals surface area contributed by atoms with Gasteiger partial charge in [-0.25, -0.2) is 4.39 Å². The Kier molecular flexibility index (Phi) is 3.32. The highest BCUT2D eigenvalue weighted by Crippen LogP contribution is 2.39. The van der Waals surface area contributed by atoms with E-state index in [1.165, 1.54) is 13.2 Å². The fourth-order valence-electron chi connectivity index (χ4n) is 2.54. The number of rotatable bonds is 2. The molecule has 104 valence electrons. The normalized spacial score (nSPS) is 20.9. The van der Waals surface area contributed by atoms with Crippen LogP contribution < -0.4 is 15.2 Å². The zero-order chi connectivity index (χ0) is 14.1. The van der Waals surface area contributed by atoms with Gasteiger partial charge in [0.2, 0.25) is 0 Å². The summed E-state index contributed by atoms with van der Waals surface area (Å²) in [6.45, 7) is 0. The Hall–Kier alpha value is -2.07. The summed E-state index contributed by atoms with van der Waals surface area (Å²) in [5, 5.41) is 0. The minimum atomic E-state index is -0.388. The molecule has 1 aliphatic heterocycles. The molecule has 1 aliphatic rings. The number of hydrogen-bond acceptors (Lipinski definition) is 3. The third-order valence-corrected chi connectivity index (χ3v) is 3.60. The van der Waals surface area contributed by atoms with E-state index in [0.717, 1.165) is 16.9 Å². The van der Waals surface area contributed by atoms with Crippen molar-refractivity contribution < 1.29 is 13.9 Å². The van der Waals surface area contributed by atoms with Gasteiger partial charge in [0.1, 0.15) is 11.9 Å². The fourth-order valence-corrected chi connectivity index (χ4v) is 2.54. The summed E-state index contributed by atoms with van der Waals surface area (Å²) < 4.78 is 24.6. The van der Waals surface area contributed by atoms with Gasteiger partial charge in [-0.1, -0.05) is 24.3 Å². The Labute approximate surface area is 117 Å². The van der Waals surface area contributed by atoms with Gasteiger partial charge in [-0.05, 0) is 23.8 Å². The van der Waals surface area contributed by atoms with Crippen LogP contribution in [0.4, 0.5) is 4.39 Å². The summed E-state index contributed by atoms with van der Waals surface area (Å²) in [6, 6.07) is 12.5. The van der Waals surface area contributed by atoms with Gasteiger partial charge in [0.25, 0.3) is 0 Å². The lowest BCUT2D eigenvalue weighted by molar-refractivity contribution is 0.161. The van der Waals surface area contributed by atoms with Crippen molar-refractivity contribution in [2.45, 2.75) is 18.6 Å². The second-order valence-electron chi connectivity index (χ2n) is 4.88. The zero-order valence-electron chi connectivity index (χ0n) is 11.2. The molecule has 2 aromatic rings. The molecule has 0 saturated carbocycles. The minimum absolute atomic E-state index is 0.102. The standard InChI is InChI=1S/C16H16FNO2/c1-19-15-7-6-10(8-12(15)17)16-9-13(18)11-4-2-3-5-14(11)20-16/h2-8,13,16H,9,18H2,1H3. The summed E-state index contributed by atoms with van der Waals surface area (Å²) >= 11 is 0. The molecule has 1 heterocycles. The van der Waals surface area contributed by atoms with Gasteiger partial charge >= 0.3 is 0 Å². The molecule has 0 aromatic heterocycles. The number of hydrogen-bond donors (Lipinski definition) is 1. The Morgan fingerprint density at radius 1 is 1.25 bits per heavy atom. The summed E-state index contributed by atoms with van der Waals surface area (Å²) in [5.74, 6) is 0.614. The first kappa shape index (κ1) is 12.9. The lowest BCUT2D eigenvalue weighted by atomic mass is 9.93. The second-order valence-corrected chi connectivity index (χ2v) is 4.88. The summed E-state index contributed by atoms with van der Waals surface area (Å²) in [5.41, 5.74) is 7.94. The molecule has 2 aromatic carbocycles. The van der Waals surface area contributed by atoms with E-state index in [0.29, 0.717) is 6.42 Å². The molecule has 3 rings (SSSR count). The van der Waals surface area contributed by atoms with Crippen molar-refractivity contribution in [3.8, 4) is 11.5 Å². The van der Waals surface area contributed by atoms with Gasteiger partial charge < -0.3 is 15.2 Å². The third-order valence-electron chi connectivity index (χ3n) is 3.60. The lowest BCUT2D eigenvalue weighted by Crippen LogP contribution is -2.24. The van der Waals surface area contributed by atoms with Crippen LogP contribution >= 0.6 is 0 Å². The van der Waals surface area contributed by atoms with E-state index in [4.69, 9.17) is 15.2 Å². The van der Waals surface area contributed by atoms with Crippen molar-refractivity contribution in [1.82, 2.24) is 0 Å². The number of benzene rings is 2. The van der Waals surface area contributed by atoms with Gasteiger partial charge in [0.15, 0.2) is 11.6 Å². The number of halogens is 1. The molecule has 3 nitrogen and oxygen atoms in total. The van der Waals surface area contributed by atoms with Crippen LogP contribution in [0.15, 0.2) is 42.5 Å². The highest BCUT2D eigenvalue weighted by molar-refractivity contribution is 5.39. The van der Waals surface area contributed by atoms with Crippen LogP contribution in [0.25, 0.3) is 0 Å². The topological polar surface area (TPSA) is 44.5 Å². The molecule has 0 fully saturated rings. The molecule has 0 amide bonds. The molecule has 0 bridgehead atoms. The smallest absolute Gasteiger partial charge is 0.165 e. The molecule has 20 heavy (non-hydrogen) atoms. The first-order valence-corrected chi connectivity index (χ1v) is 6.53. The molecule has 0 aliphatic carbocycles. The monoisotopic (exact) mass is 273 g/mol. The zero-order valence-corrected chi connectivity index (χ0v) is 11.2. The van der Waals surface area contributed by atoms with Gasteiger partial charge in [-0.3, -0.25) is 0 Å². The molecule has 2 unspecified atom stereocenters. The summed E-state index contributed by atoms with van der Waals surface area (Å²) in [7, 11) is 1.45. The average molecular weight is 273 g/mol. The van der Waals surface area contributed by atoms with Crippen LogP contribution in [0, 0.1) is 5.82 Å². The van der Waals surface area contributed by atoms with Gasteiger partial charge in [-0.15, -0.1) is 0 Å². The van der Waals surface area contributed by atoms with Gasteiger partial charge in [0.05, 0.1) is 7.11 Å². The third kappa shape index (κ3) is 2.23. The maximum Gasteiger partial charge on any atom is 0.165 e. The maximum atomic E-state index is 13.8. The molecule has 0 spiro atoms. The first-order chi connectivity index (χ1) is 9.69. The minimum Gasteiger partial charge on any atom is -0.494 e. The first-order valence-electron chi connectivity index (χ1n) is 6.53. The Morgan fingerprint density at radius 3 is 2.80 bits per heavy atom. The number of ether oxygens (including phenoxy) is 2. The maximum absolute atomic E-state index is 13.8. The second kappa shape index (κ2) is 5.13. The SMILES string of the molecule is COc1ccc(C2CC(N)c3ccccc3O2)cc1F. The fraction of sp³-hybridized carbons (Fsp3) is 0.250. The molecule has 0 radical (unpaired) electrons. The van der Waals surface area contributed by atoms with Gasteiger partial charge in [0, 0.05) is 18.0 Å². The molecule has 2 N–H and O–H groups in total. The largest absolute Gasteiger partial charge is 0.494 e. The number of methoxy groups -OCH3 is 1. The van der Waals surface area contributed by atoms with Crippen LogP contribution in [0.3, 0.4) is 0 Å². The van der Waals surface area contributed by atoms with Crippen molar-refractivity contribution in [2.24, 2.45) is 5.73 Å². The van der Waals surface area contributed by atoms with Crippen molar-refractivity contribution in [2.75, 3.05) is 7.11 Å². The van der Waals surface area contributed by atoms with Crippen LogP contribution in [0.1, 0.15) is 29.7 Å². The van der Waals surface area contributed by atoms with E-state index in [1.807, 2.05) is 30.3 Å². The van der Waals surface area contributed by atoms with E-state index >= 15 is 0 Å². The number of fused-ring (bicyclic) bond motifs is 1. The Morgan fingerprint density at radius 2 is 2.05 bits per heavy atom. The number of para-hydroxylation sites is 1. The van der Waals surface area contributed by atoms with E-state index in [-0.39, 0.29) is 23.7 Å². The van der Waals surface area contributed by atoms with Gasteiger partial charge in [-0.2, -0.15) is 0 Å². The summed E-state index contributed by atoms with van der Waals surface area (Å²) in [6.07, 6.45) is 0.392. The number of nitrogens with two attached hydrogens (primary N) is 1. The van der Waals surface area contributed by atoms with Crippen LogP contribution in [0.2, 0.25) is 0 Å². The van der Waals surface area contributed by atoms with E-state index in [9.17, 15) is 4.39 Å². The van der Waals surface area contributed by atoms with E-state index in [2.05, 4.69) is 0 Å². The van der Waals surface area contributed by atoms with Crippen molar-refractivity contribution in [3.63, 3.8) is 0 Å². The predicted octanol–water partition coefficient (Wildman–Crippen LogP) is 3.36. The van der Waals surface area contributed by atoms with E-state index in [1.54, 1.807) is 6.07 Å². The van der Waals surface area contributed by atoms with Crippen molar-refractivity contribution in [1.29, 1.82) is 0 Å². The molecule has 2 atom stereocenters. The van der Waals surface area contributed by atoms with Crippen LogP contribution in [0.5, 0.6) is 11.5 Å². The highest BCUT2D eigenvalue weighted by atomic mass is 19.1. The molecule has 4 heteroatoms. The van der Waals surface area contributed by atoms with Crippen molar-refractivity contribution in [3.05, 3.63) is 59.4 Å². The highest BCUT2D eigenvalue weighted by Gasteiger charge is 2.27. The lowest BCUT2D eigenvalue weighted by Gasteiger charge is -2.30. The Bertz CT molecular complexity index is 630. The quantitative estimate of drug-likeness (QED) is 0.912. The molecular formula is C16H16FNO2. The molecule has 0 saturated heterocycles. The van der Waals surface area contributed by atoms with Crippen LogP contribution in [-0.4, -0.2) is 7.11 Å². The Balaban J connectivity index is 1.91. The summed E-state index contributed by atoms with van der Waals surface area (Å²) in [4.78, 5) is 0. The van der Waals surface area contributed by atoms with Crippen molar-refractivity contribution >= 4 is 0 Å². The molecular weight excluding hydrogens is 257 g/mol. The van der Waals surface area contributed by atoms with E-state index < -0.39 is 0 Å². The average Bonchev–Trinajstić information content (AvgIpc) is 2.47. The van der Waals surface area contributed by atoms with Crippen LogP contribution in [-0.2, 0) is 0 Å². The predicted molar refractivity (Wildman–Crippen MR) is 74.3 cm³/mol.